The summed E-state index contributed by atoms with van der Waals surface area (Å²) < 4.78 is 0. The molecule has 1 unspecified atom stereocenters. The van der Waals surface area contributed by atoms with E-state index in [9.17, 15) is 0 Å². The molecule has 20 heavy (non-hydrogen) atoms. The number of hydrogen-bond acceptors (Lipinski definition) is 3. The number of rotatable bonds is 3. The number of nitrogens with two attached hydrogens (primary N) is 2. The number of anilines is 2. The number of benzene rings is 2. The third-order valence-electron chi connectivity index (χ3n) is 4.34. The molecule has 1 aliphatic rings. The number of hydrogen-bond donors (Lipinski definition) is 2. The van der Waals surface area contributed by atoms with Gasteiger partial charge in [-0.2, -0.15) is 0 Å². The zero-order chi connectivity index (χ0) is 13.9. The van der Waals surface area contributed by atoms with Gasteiger partial charge in [0, 0.05) is 18.5 Å². The highest BCUT2D eigenvalue weighted by atomic mass is 15.1. The van der Waals surface area contributed by atoms with E-state index in [1.54, 1.807) is 0 Å². The van der Waals surface area contributed by atoms with Crippen LogP contribution in [0.3, 0.4) is 0 Å². The number of fused-ring (bicyclic) bond motifs is 1. The van der Waals surface area contributed by atoms with Crippen LogP contribution in [-0.4, -0.2) is 19.6 Å². The van der Waals surface area contributed by atoms with Crippen molar-refractivity contribution in [3.63, 3.8) is 0 Å². The first-order valence-corrected chi connectivity index (χ1v) is 7.52. The van der Waals surface area contributed by atoms with E-state index in [0.29, 0.717) is 5.92 Å². The topological polar surface area (TPSA) is 55.3 Å². The van der Waals surface area contributed by atoms with Crippen LogP contribution < -0.4 is 16.4 Å². The lowest BCUT2D eigenvalue weighted by Gasteiger charge is -2.35. The fourth-order valence-electron chi connectivity index (χ4n) is 3.36. The highest BCUT2D eigenvalue weighted by Gasteiger charge is 2.22. The van der Waals surface area contributed by atoms with Crippen molar-refractivity contribution in [3.05, 3.63) is 36.4 Å². The molecular formula is C17H23N3. The van der Waals surface area contributed by atoms with Gasteiger partial charge in [-0.05, 0) is 43.2 Å². The van der Waals surface area contributed by atoms with Gasteiger partial charge in [-0.15, -0.1) is 0 Å². The summed E-state index contributed by atoms with van der Waals surface area (Å²) in [6.07, 6.45) is 3.63. The van der Waals surface area contributed by atoms with E-state index in [0.717, 1.165) is 31.7 Å². The van der Waals surface area contributed by atoms with Crippen molar-refractivity contribution in [1.29, 1.82) is 0 Å². The average Bonchev–Trinajstić information content (AvgIpc) is 2.48. The van der Waals surface area contributed by atoms with Crippen molar-refractivity contribution in [1.82, 2.24) is 0 Å². The van der Waals surface area contributed by atoms with Crippen molar-refractivity contribution in [3.8, 4) is 0 Å². The summed E-state index contributed by atoms with van der Waals surface area (Å²) in [5, 5.41) is 2.53. The summed E-state index contributed by atoms with van der Waals surface area (Å²) in [7, 11) is 0. The Labute approximate surface area is 120 Å². The summed E-state index contributed by atoms with van der Waals surface area (Å²) in [5.74, 6) is 0.701. The molecular weight excluding hydrogens is 246 g/mol. The molecule has 0 aromatic heterocycles. The van der Waals surface area contributed by atoms with E-state index in [1.807, 2.05) is 6.07 Å². The second-order valence-corrected chi connectivity index (χ2v) is 5.76. The van der Waals surface area contributed by atoms with Crippen molar-refractivity contribution >= 4 is 22.1 Å². The van der Waals surface area contributed by atoms with E-state index in [-0.39, 0.29) is 0 Å². The third-order valence-corrected chi connectivity index (χ3v) is 4.34. The molecule has 2 aromatic rings. The normalized spacial score (nSPS) is 19.4. The van der Waals surface area contributed by atoms with E-state index in [4.69, 9.17) is 11.5 Å². The Kier molecular flexibility index (Phi) is 3.79. The Morgan fingerprint density at radius 1 is 1.15 bits per heavy atom. The Balaban J connectivity index is 1.98. The Bertz CT molecular complexity index is 592. The average molecular weight is 269 g/mol. The minimum atomic E-state index is 0.701. The number of piperidine rings is 1. The minimum absolute atomic E-state index is 0.701. The van der Waals surface area contributed by atoms with Crippen LogP contribution >= 0.6 is 0 Å². The summed E-state index contributed by atoms with van der Waals surface area (Å²) in [4.78, 5) is 2.46. The van der Waals surface area contributed by atoms with Gasteiger partial charge in [0.15, 0.2) is 0 Å². The van der Waals surface area contributed by atoms with Crippen LogP contribution in [0.1, 0.15) is 19.3 Å². The van der Waals surface area contributed by atoms with Gasteiger partial charge < -0.3 is 16.4 Å². The molecule has 3 rings (SSSR count). The first-order valence-electron chi connectivity index (χ1n) is 7.52. The van der Waals surface area contributed by atoms with Gasteiger partial charge in [-0.3, -0.25) is 0 Å². The first-order chi connectivity index (χ1) is 9.79. The van der Waals surface area contributed by atoms with Crippen LogP contribution in [0, 0.1) is 5.92 Å². The molecule has 1 saturated heterocycles. The molecule has 0 amide bonds. The van der Waals surface area contributed by atoms with Gasteiger partial charge in [0.25, 0.3) is 0 Å². The maximum Gasteiger partial charge on any atom is 0.0679 e. The van der Waals surface area contributed by atoms with E-state index in [2.05, 4.69) is 35.2 Å². The molecule has 3 heteroatoms. The van der Waals surface area contributed by atoms with Gasteiger partial charge in [0.1, 0.15) is 0 Å². The monoisotopic (exact) mass is 269 g/mol. The zero-order valence-corrected chi connectivity index (χ0v) is 11.9. The van der Waals surface area contributed by atoms with E-state index in [1.165, 1.54) is 29.3 Å². The standard InChI is InChI=1S/C17H23N3/c18-10-9-13-4-3-11-20(12-13)17-15-6-2-1-5-14(15)7-8-16(17)19/h1-2,5-8,13H,3-4,9-12,18-19H2. The molecule has 0 spiro atoms. The molecule has 0 radical (unpaired) electrons. The van der Waals surface area contributed by atoms with Crippen LogP contribution in [0.25, 0.3) is 10.8 Å². The molecule has 2 aromatic carbocycles. The second kappa shape index (κ2) is 5.71. The SMILES string of the molecule is NCCC1CCCN(c2c(N)ccc3ccccc23)C1. The molecule has 1 fully saturated rings. The van der Waals surface area contributed by atoms with Crippen LogP contribution in [0.15, 0.2) is 36.4 Å². The van der Waals surface area contributed by atoms with E-state index < -0.39 is 0 Å². The highest BCUT2D eigenvalue weighted by Crippen LogP contribution is 2.35. The lowest BCUT2D eigenvalue weighted by atomic mass is 9.93. The molecule has 3 nitrogen and oxygen atoms in total. The summed E-state index contributed by atoms with van der Waals surface area (Å²) in [6.45, 7) is 2.96. The van der Waals surface area contributed by atoms with Crippen molar-refractivity contribution in [2.24, 2.45) is 11.7 Å². The lowest BCUT2D eigenvalue weighted by Crippen LogP contribution is -2.36. The van der Waals surface area contributed by atoms with Crippen LogP contribution in [0.2, 0.25) is 0 Å². The molecule has 106 valence electrons. The van der Waals surface area contributed by atoms with Crippen LogP contribution in [0.5, 0.6) is 0 Å². The minimum Gasteiger partial charge on any atom is -0.397 e. The zero-order valence-electron chi connectivity index (χ0n) is 11.9. The quantitative estimate of drug-likeness (QED) is 0.842. The highest BCUT2D eigenvalue weighted by molar-refractivity contribution is 6.00. The van der Waals surface area contributed by atoms with E-state index >= 15 is 0 Å². The van der Waals surface area contributed by atoms with Crippen molar-refractivity contribution < 1.29 is 0 Å². The fraction of sp³-hybridized carbons (Fsp3) is 0.412. The maximum atomic E-state index is 6.27. The van der Waals surface area contributed by atoms with Gasteiger partial charge >= 0.3 is 0 Å². The van der Waals surface area contributed by atoms with Crippen molar-refractivity contribution in [2.45, 2.75) is 19.3 Å². The molecule has 4 N–H and O–H groups in total. The van der Waals surface area contributed by atoms with Gasteiger partial charge in [-0.1, -0.05) is 30.3 Å². The molecule has 0 bridgehead atoms. The number of nitrogen functional groups attached to an aromatic ring is 1. The molecule has 0 saturated carbocycles. The summed E-state index contributed by atoms with van der Waals surface area (Å²) in [6, 6.07) is 12.6. The van der Waals surface area contributed by atoms with Crippen LogP contribution in [0.4, 0.5) is 11.4 Å². The largest absolute Gasteiger partial charge is 0.397 e. The summed E-state index contributed by atoms with van der Waals surface area (Å²) >= 11 is 0. The molecule has 1 heterocycles. The molecule has 1 atom stereocenters. The van der Waals surface area contributed by atoms with Gasteiger partial charge in [0.05, 0.1) is 11.4 Å². The Hall–Kier alpha value is -1.74. The maximum absolute atomic E-state index is 6.27. The molecule has 0 aliphatic carbocycles. The lowest BCUT2D eigenvalue weighted by molar-refractivity contribution is 0.397. The number of nitrogens with zero attached hydrogens (tertiary/aromatic N) is 1. The Morgan fingerprint density at radius 2 is 2.00 bits per heavy atom. The van der Waals surface area contributed by atoms with Gasteiger partial charge in [-0.25, -0.2) is 0 Å². The second-order valence-electron chi connectivity index (χ2n) is 5.76. The predicted molar refractivity (Wildman–Crippen MR) is 87.0 cm³/mol. The van der Waals surface area contributed by atoms with Crippen LogP contribution in [-0.2, 0) is 0 Å². The predicted octanol–water partition coefficient (Wildman–Crippen LogP) is 2.99. The molecule has 1 aliphatic heterocycles. The smallest absolute Gasteiger partial charge is 0.0679 e. The third kappa shape index (κ3) is 2.46. The Morgan fingerprint density at radius 3 is 2.85 bits per heavy atom. The van der Waals surface area contributed by atoms with Gasteiger partial charge in [0.2, 0.25) is 0 Å². The van der Waals surface area contributed by atoms with Crippen molar-refractivity contribution in [2.75, 3.05) is 30.3 Å². The first kappa shape index (κ1) is 13.3. The fourth-order valence-corrected chi connectivity index (χ4v) is 3.36. The summed E-state index contributed by atoms with van der Waals surface area (Å²) in [5.41, 5.74) is 14.1.